The summed E-state index contributed by atoms with van der Waals surface area (Å²) < 4.78 is 0. The second-order valence-electron chi connectivity index (χ2n) is 3.55. The van der Waals surface area contributed by atoms with Crippen LogP contribution in [-0.4, -0.2) is 5.24 Å². The van der Waals surface area contributed by atoms with Crippen LogP contribution in [0.15, 0.2) is 42.5 Å². The minimum atomic E-state index is -0.388. The van der Waals surface area contributed by atoms with Gasteiger partial charge in [-0.2, -0.15) is 0 Å². The van der Waals surface area contributed by atoms with Gasteiger partial charge in [-0.15, -0.1) is 0 Å². The maximum atomic E-state index is 11.2. The molecule has 15 heavy (non-hydrogen) atoms. The standard InChI is InChI=1S/C13H7ClO/c14-13(15)11-7-3-6-10-8-4-1-2-5-9(8)12(10)11/h1-7H. The molecule has 0 atom stereocenters. The Bertz CT molecular complexity index is 572. The zero-order chi connectivity index (χ0) is 10.4. The second-order valence-corrected chi connectivity index (χ2v) is 3.89. The highest BCUT2D eigenvalue weighted by molar-refractivity contribution is 6.68. The lowest BCUT2D eigenvalue weighted by atomic mass is 9.78. The summed E-state index contributed by atoms with van der Waals surface area (Å²) in [4.78, 5) is 11.2. The smallest absolute Gasteiger partial charge is 0.253 e. The first-order valence-corrected chi connectivity index (χ1v) is 5.09. The molecule has 1 nitrogen and oxygen atoms in total. The number of benzene rings is 2. The largest absolute Gasteiger partial charge is 0.276 e. The highest BCUT2D eigenvalue weighted by Crippen LogP contribution is 2.48. The number of hydrogen-bond donors (Lipinski definition) is 0. The van der Waals surface area contributed by atoms with Crippen LogP contribution in [0.5, 0.6) is 0 Å². The first-order chi connectivity index (χ1) is 7.29. The molecule has 0 radical (unpaired) electrons. The Balaban J connectivity index is 2.30. The van der Waals surface area contributed by atoms with E-state index in [-0.39, 0.29) is 5.24 Å². The van der Waals surface area contributed by atoms with E-state index in [0.29, 0.717) is 5.56 Å². The topological polar surface area (TPSA) is 17.1 Å². The van der Waals surface area contributed by atoms with Gasteiger partial charge < -0.3 is 0 Å². The van der Waals surface area contributed by atoms with Crippen LogP contribution in [0.2, 0.25) is 0 Å². The summed E-state index contributed by atoms with van der Waals surface area (Å²) in [6.07, 6.45) is 0. The van der Waals surface area contributed by atoms with Gasteiger partial charge in [0.15, 0.2) is 0 Å². The number of rotatable bonds is 1. The summed E-state index contributed by atoms with van der Waals surface area (Å²) >= 11 is 5.54. The van der Waals surface area contributed by atoms with Crippen molar-refractivity contribution in [1.29, 1.82) is 0 Å². The van der Waals surface area contributed by atoms with Gasteiger partial charge in [-0.05, 0) is 34.4 Å². The van der Waals surface area contributed by atoms with Crippen LogP contribution < -0.4 is 0 Å². The average molecular weight is 215 g/mol. The van der Waals surface area contributed by atoms with Crippen molar-refractivity contribution >= 4 is 16.8 Å². The molecule has 1 aliphatic rings. The van der Waals surface area contributed by atoms with E-state index in [1.54, 1.807) is 6.07 Å². The van der Waals surface area contributed by atoms with Crippen molar-refractivity contribution in [3.05, 3.63) is 48.0 Å². The first kappa shape index (κ1) is 8.69. The summed E-state index contributed by atoms with van der Waals surface area (Å²) in [6, 6.07) is 13.7. The molecular weight excluding hydrogens is 208 g/mol. The second kappa shape index (κ2) is 2.94. The van der Waals surface area contributed by atoms with Gasteiger partial charge in [0.05, 0.1) is 0 Å². The minimum absolute atomic E-state index is 0.388. The van der Waals surface area contributed by atoms with Gasteiger partial charge in [0.1, 0.15) is 0 Å². The third-order valence-corrected chi connectivity index (χ3v) is 2.97. The lowest BCUT2D eigenvalue weighted by Gasteiger charge is -2.25. The van der Waals surface area contributed by atoms with Crippen LogP contribution in [0.3, 0.4) is 0 Å². The fourth-order valence-corrected chi connectivity index (χ4v) is 2.26. The quantitative estimate of drug-likeness (QED) is 0.565. The Kier molecular flexibility index (Phi) is 1.70. The monoisotopic (exact) mass is 214 g/mol. The number of halogens is 1. The molecule has 1 aliphatic carbocycles. The molecule has 0 N–H and O–H groups in total. The molecule has 0 saturated heterocycles. The molecule has 0 saturated carbocycles. The van der Waals surface area contributed by atoms with Crippen LogP contribution in [0.1, 0.15) is 10.4 Å². The van der Waals surface area contributed by atoms with Gasteiger partial charge >= 0.3 is 0 Å². The molecule has 0 fully saturated rings. The molecule has 0 unspecified atom stereocenters. The van der Waals surface area contributed by atoms with Gasteiger partial charge in [-0.3, -0.25) is 4.79 Å². The summed E-state index contributed by atoms with van der Waals surface area (Å²) in [7, 11) is 0. The van der Waals surface area contributed by atoms with E-state index in [1.165, 1.54) is 5.56 Å². The van der Waals surface area contributed by atoms with Crippen molar-refractivity contribution in [1.82, 2.24) is 0 Å². The molecule has 0 spiro atoms. The molecule has 0 heterocycles. The van der Waals surface area contributed by atoms with Crippen molar-refractivity contribution < 1.29 is 4.79 Å². The van der Waals surface area contributed by atoms with E-state index in [9.17, 15) is 4.79 Å². The van der Waals surface area contributed by atoms with Gasteiger partial charge in [-0.1, -0.05) is 36.4 Å². The fourth-order valence-electron chi connectivity index (χ4n) is 2.10. The summed E-state index contributed by atoms with van der Waals surface area (Å²) in [5.74, 6) is 0. The molecule has 2 heteroatoms. The Morgan fingerprint density at radius 1 is 0.867 bits per heavy atom. The van der Waals surface area contributed by atoms with E-state index in [1.807, 2.05) is 30.3 Å². The summed E-state index contributed by atoms with van der Waals surface area (Å²) in [6.45, 7) is 0. The van der Waals surface area contributed by atoms with Gasteiger partial charge in [0.25, 0.3) is 5.24 Å². The molecule has 0 aromatic heterocycles. The number of fused-ring (bicyclic) bond motifs is 4. The Hall–Kier alpha value is -1.60. The fraction of sp³-hybridized carbons (Fsp3) is 0. The molecule has 2 aromatic rings. The summed E-state index contributed by atoms with van der Waals surface area (Å²) in [5.41, 5.74) is 5.04. The Morgan fingerprint density at radius 3 is 2.27 bits per heavy atom. The predicted molar refractivity (Wildman–Crippen MR) is 61.1 cm³/mol. The van der Waals surface area contributed by atoms with Crippen molar-refractivity contribution in [3.63, 3.8) is 0 Å². The SMILES string of the molecule is O=C(Cl)c1cccc2c1-c1ccccc1-2. The Labute approximate surface area is 92.3 Å². The zero-order valence-corrected chi connectivity index (χ0v) is 8.58. The van der Waals surface area contributed by atoms with Crippen molar-refractivity contribution in [2.75, 3.05) is 0 Å². The molecular formula is C13H7ClO. The highest BCUT2D eigenvalue weighted by atomic mass is 35.5. The lowest BCUT2D eigenvalue weighted by Crippen LogP contribution is -2.04. The molecule has 2 aromatic carbocycles. The summed E-state index contributed by atoms with van der Waals surface area (Å²) in [5, 5.41) is -0.388. The van der Waals surface area contributed by atoms with Crippen molar-refractivity contribution in [2.45, 2.75) is 0 Å². The van der Waals surface area contributed by atoms with Gasteiger partial charge in [0.2, 0.25) is 0 Å². The van der Waals surface area contributed by atoms with Crippen LogP contribution in [0.4, 0.5) is 0 Å². The van der Waals surface area contributed by atoms with E-state index in [2.05, 4.69) is 6.07 Å². The lowest BCUT2D eigenvalue weighted by molar-refractivity contribution is 0.108. The van der Waals surface area contributed by atoms with Crippen LogP contribution in [0, 0.1) is 0 Å². The van der Waals surface area contributed by atoms with E-state index in [4.69, 9.17) is 11.6 Å². The van der Waals surface area contributed by atoms with Crippen LogP contribution in [0.25, 0.3) is 22.3 Å². The molecule has 0 aliphatic heterocycles. The average Bonchev–Trinajstić information content (AvgIpc) is 2.24. The third-order valence-electron chi connectivity index (χ3n) is 2.76. The molecule has 0 amide bonds. The number of carbonyl (C=O) groups is 1. The molecule has 72 valence electrons. The van der Waals surface area contributed by atoms with E-state index < -0.39 is 0 Å². The maximum absolute atomic E-state index is 11.2. The Morgan fingerprint density at radius 2 is 1.53 bits per heavy atom. The highest BCUT2D eigenvalue weighted by Gasteiger charge is 2.25. The first-order valence-electron chi connectivity index (χ1n) is 4.71. The normalized spacial score (nSPS) is 11.3. The van der Waals surface area contributed by atoms with Gasteiger partial charge in [-0.25, -0.2) is 0 Å². The number of carbonyl (C=O) groups excluding carboxylic acids is 1. The van der Waals surface area contributed by atoms with Crippen LogP contribution >= 0.6 is 11.6 Å². The van der Waals surface area contributed by atoms with Crippen molar-refractivity contribution in [3.8, 4) is 22.3 Å². The van der Waals surface area contributed by atoms with E-state index >= 15 is 0 Å². The van der Waals surface area contributed by atoms with E-state index in [0.717, 1.165) is 16.7 Å². The predicted octanol–water partition coefficient (Wildman–Crippen LogP) is 3.71. The zero-order valence-electron chi connectivity index (χ0n) is 7.83. The minimum Gasteiger partial charge on any atom is -0.276 e. The molecule has 0 bridgehead atoms. The molecule has 3 rings (SSSR count). The maximum Gasteiger partial charge on any atom is 0.253 e. The van der Waals surface area contributed by atoms with Crippen LogP contribution in [-0.2, 0) is 0 Å². The third kappa shape index (κ3) is 1.07. The number of hydrogen-bond acceptors (Lipinski definition) is 1. The van der Waals surface area contributed by atoms with Gasteiger partial charge in [0, 0.05) is 11.1 Å². The van der Waals surface area contributed by atoms with Crippen molar-refractivity contribution in [2.24, 2.45) is 0 Å².